The lowest BCUT2D eigenvalue weighted by molar-refractivity contribution is 0.517. The minimum Gasteiger partial charge on any atom is -0.469 e. The molecule has 1 heterocycles. The predicted octanol–water partition coefficient (Wildman–Crippen LogP) is 3.10. The first kappa shape index (κ1) is 7.41. The third-order valence-electron chi connectivity index (χ3n) is 2.08. The van der Waals surface area contributed by atoms with Crippen LogP contribution in [0.25, 0.3) is 0 Å². The van der Waals surface area contributed by atoms with E-state index in [1.54, 1.807) is 6.26 Å². The maximum absolute atomic E-state index is 5.27. The minimum absolute atomic E-state index is 0.970. The third-order valence-corrected chi connectivity index (χ3v) is 2.08. The summed E-state index contributed by atoms with van der Waals surface area (Å²) < 4.78 is 5.27. The standard InChI is InChI=1S/C11H12O/c1-2-5-10(6-3-1)9-11-7-4-8-12-11/h1-2,4-5,7-8H,3,6,9H2. The lowest BCUT2D eigenvalue weighted by Gasteiger charge is -2.05. The van der Waals surface area contributed by atoms with Gasteiger partial charge in [-0.25, -0.2) is 0 Å². The first-order valence-electron chi connectivity index (χ1n) is 4.32. The van der Waals surface area contributed by atoms with Crippen LogP contribution in [0.2, 0.25) is 0 Å². The van der Waals surface area contributed by atoms with Crippen LogP contribution in [0.4, 0.5) is 0 Å². The zero-order valence-electron chi connectivity index (χ0n) is 6.99. The van der Waals surface area contributed by atoms with Crippen molar-refractivity contribution >= 4 is 0 Å². The second-order valence-corrected chi connectivity index (χ2v) is 3.05. The summed E-state index contributed by atoms with van der Waals surface area (Å²) in [7, 11) is 0. The summed E-state index contributed by atoms with van der Waals surface area (Å²) >= 11 is 0. The molecule has 1 aliphatic carbocycles. The summed E-state index contributed by atoms with van der Waals surface area (Å²) in [6.45, 7) is 0. The van der Waals surface area contributed by atoms with Crippen LogP contribution in [0.1, 0.15) is 18.6 Å². The van der Waals surface area contributed by atoms with Crippen LogP contribution in [-0.4, -0.2) is 0 Å². The molecule has 1 aromatic rings. The summed E-state index contributed by atoms with van der Waals surface area (Å²) in [5, 5.41) is 0. The summed E-state index contributed by atoms with van der Waals surface area (Å²) in [5.74, 6) is 1.07. The summed E-state index contributed by atoms with van der Waals surface area (Å²) in [6, 6.07) is 3.97. The van der Waals surface area contributed by atoms with Gasteiger partial charge in [0.05, 0.1) is 6.26 Å². The molecular weight excluding hydrogens is 148 g/mol. The Morgan fingerprint density at radius 2 is 2.42 bits per heavy atom. The maximum Gasteiger partial charge on any atom is 0.107 e. The molecule has 2 rings (SSSR count). The highest BCUT2D eigenvalue weighted by Gasteiger charge is 2.02. The average molecular weight is 160 g/mol. The lowest BCUT2D eigenvalue weighted by atomic mass is 10.0. The quantitative estimate of drug-likeness (QED) is 0.648. The molecule has 0 radical (unpaired) electrons. The zero-order valence-corrected chi connectivity index (χ0v) is 6.99. The lowest BCUT2D eigenvalue weighted by Crippen LogP contribution is -1.91. The molecule has 0 bridgehead atoms. The van der Waals surface area contributed by atoms with Gasteiger partial charge in [-0.05, 0) is 25.0 Å². The van der Waals surface area contributed by atoms with E-state index in [9.17, 15) is 0 Å². The molecule has 0 unspecified atom stereocenters. The van der Waals surface area contributed by atoms with E-state index >= 15 is 0 Å². The van der Waals surface area contributed by atoms with Crippen molar-refractivity contribution in [1.82, 2.24) is 0 Å². The number of allylic oxidation sites excluding steroid dienone is 4. The highest BCUT2D eigenvalue weighted by atomic mass is 16.3. The van der Waals surface area contributed by atoms with Crippen molar-refractivity contribution in [2.75, 3.05) is 0 Å². The smallest absolute Gasteiger partial charge is 0.107 e. The second-order valence-electron chi connectivity index (χ2n) is 3.05. The van der Waals surface area contributed by atoms with Crippen LogP contribution in [0.15, 0.2) is 46.6 Å². The van der Waals surface area contributed by atoms with Gasteiger partial charge in [0.2, 0.25) is 0 Å². The third kappa shape index (κ3) is 1.67. The van der Waals surface area contributed by atoms with E-state index in [-0.39, 0.29) is 0 Å². The van der Waals surface area contributed by atoms with Crippen LogP contribution in [0.3, 0.4) is 0 Å². The van der Waals surface area contributed by atoms with E-state index in [4.69, 9.17) is 4.42 Å². The molecule has 1 aliphatic rings. The molecule has 0 aromatic carbocycles. The van der Waals surface area contributed by atoms with Crippen molar-refractivity contribution in [3.05, 3.63) is 48.0 Å². The fourth-order valence-electron chi connectivity index (χ4n) is 1.44. The van der Waals surface area contributed by atoms with Crippen LogP contribution in [0, 0.1) is 0 Å². The van der Waals surface area contributed by atoms with Crippen LogP contribution in [-0.2, 0) is 6.42 Å². The first-order chi connectivity index (χ1) is 5.95. The van der Waals surface area contributed by atoms with Crippen molar-refractivity contribution in [3.63, 3.8) is 0 Å². The molecule has 0 N–H and O–H groups in total. The van der Waals surface area contributed by atoms with E-state index in [0.717, 1.165) is 12.2 Å². The fraction of sp³-hybridized carbons (Fsp3) is 0.273. The molecule has 12 heavy (non-hydrogen) atoms. The fourth-order valence-corrected chi connectivity index (χ4v) is 1.44. The zero-order chi connectivity index (χ0) is 8.23. The van der Waals surface area contributed by atoms with Crippen LogP contribution in [0.5, 0.6) is 0 Å². The van der Waals surface area contributed by atoms with Gasteiger partial charge in [0, 0.05) is 6.42 Å². The van der Waals surface area contributed by atoms with E-state index in [0.29, 0.717) is 0 Å². The molecule has 62 valence electrons. The summed E-state index contributed by atoms with van der Waals surface area (Å²) in [5.41, 5.74) is 1.47. The molecule has 0 saturated carbocycles. The first-order valence-corrected chi connectivity index (χ1v) is 4.32. The Labute approximate surface area is 72.4 Å². The van der Waals surface area contributed by atoms with E-state index in [2.05, 4.69) is 18.2 Å². The van der Waals surface area contributed by atoms with Gasteiger partial charge < -0.3 is 4.42 Å². The van der Waals surface area contributed by atoms with Crippen molar-refractivity contribution in [3.8, 4) is 0 Å². The normalized spacial score (nSPS) is 16.2. The van der Waals surface area contributed by atoms with Crippen LogP contribution < -0.4 is 0 Å². The Kier molecular flexibility index (Phi) is 2.12. The van der Waals surface area contributed by atoms with Crippen molar-refractivity contribution in [2.24, 2.45) is 0 Å². The van der Waals surface area contributed by atoms with Gasteiger partial charge in [-0.15, -0.1) is 0 Å². The van der Waals surface area contributed by atoms with Crippen molar-refractivity contribution < 1.29 is 4.42 Å². The molecule has 0 saturated heterocycles. The Morgan fingerprint density at radius 1 is 1.42 bits per heavy atom. The molecule has 0 fully saturated rings. The molecule has 1 nitrogen and oxygen atoms in total. The largest absolute Gasteiger partial charge is 0.469 e. The topological polar surface area (TPSA) is 13.1 Å². The van der Waals surface area contributed by atoms with Crippen molar-refractivity contribution in [1.29, 1.82) is 0 Å². The molecule has 0 aliphatic heterocycles. The Morgan fingerprint density at radius 3 is 3.08 bits per heavy atom. The van der Waals surface area contributed by atoms with E-state index in [1.807, 2.05) is 12.1 Å². The number of rotatable bonds is 2. The second kappa shape index (κ2) is 3.44. The predicted molar refractivity (Wildman–Crippen MR) is 48.9 cm³/mol. The average Bonchev–Trinajstić information content (AvgIpc) is 2.59. The molecule has 1 heteroatoms. The Hall–Kier alpha value is -1.24. The maximum atomic E-state index is 5.27. The monoisotopic (exact) mass is 160 g/mol. The van der Waals surface area contributed by atoms with Gasteiger partial charge in [0.15, 0.2) is 0 Å². The van der Waals surface area contributed by atoms with Gasteiger partial charge in [-0.2, -0.15) is 0 Å². The van der Waals surface area contributed by atoms with Gasteiger partial charge >= 0.3 is 0 Å². The summed E-state index contributed by atoms with van der Waals surface area (Å²) in [4.78, 5) is 0. The van der Waals surface area contributed by atoms with E-state index < -0.39 is 0 Å². The van der Waals surface area contributed by atoms with E-state index in [1.165, 1.54) is 18.4 Å². The minimum atomic E-state index is 0.970. The highest BCUT2D eigenvalue weighted by molar-refractivity contribution is 5.21. The molecule has 1 aromatic heterocycles. The van der Waals surface area contributed by atoms with Gasteiger partial charge in [-0.1, -0.05) is 23.8 Å². The van der Waals surface area contributed by atoms with Crippen LogP contribution >= 0.6 is 0 Å². The number of furan rings is 1. The molecular formula is C11H12O. The number of hydrogen-bond donors (Lipinski definition) is 0. The van der Waals surface area contributed by atoms with Crippen molar-refractivity contribution in [2.45, 2.75) is 19.3 Å². The SMILES string of the molecule is C1=CCCC(Cc2ccco2)=C1. The highest BCUT2D eigenvalue weighted by Crippen LogP contribution is 2.17. The van der Waals surface area contributed by atoms with Gasteiger partial charge in [-0.3, -0.25) is 0 Å². The molecule has 0 spiro atoms. The number of hydrogen-bond acceptors (Lipinski definition) is 1. The Balaban J connectivity index is 2.03. The Bertz CT molecular complexity index is 291. The van der Waals surface area contributed by atoms with Gasteiger partial charge in [0.1, 0.15) is 5.76 Å². The summed E-state index contributed by atoms with van der Waals surface area (Å²) in [6.07, 6.45) is 11.6. The van der Waals surface area contributed by atoms with Gasteiger partial charge in [0.25, 0.3) is 0 Å². The molecule has 0 amide bonds. The molecule has 0 atom stereocenters.